The summed E-state index contributed by atoms with van der Waals surface area (Å²) in [5.41, 5.74) is 2.14. The summed E-state index contributed by atoms with van der Waals surface area (Å²) in [6.07, 6.45) is 3.94. The number of carbonyl (C=O) groups is 2. The second-order valence-corrected chi connectivity index (χ2v) is 7.52. The highest BCUT2D eigenvalue weighted by atomic mass is 35.5. The third-order valence-corrected chi connectivity index (χ3v) is 4.66. The number of amides is 1. The zero-order valence-electron chi connectivity index (χ0n) is 16.5. The molecule has 0 saturated carbocycles. The molecule has 2 N–H and O–H groups in total. The van der Waals surface area contributed by atoms with Gasteiger partial charge in [0.1, 0.15) is 6.04 Å². The molecule has 1 atom stereocenters. The van der Waals surface area contributed by atoms with Crippen molar-refractivity contribution in [3.05, 3.63) is 69.7 Å². The van der Waals surface area contributed by atoms with Crippen molar-refractivity contribution in [2.75, 3.05) is 12.4 Å². The number of esters is 1. The minimum atomic E-state index is -0.863. The van der Waals surface area contributed by atoms with E-state index in [1.807, 2.05) is 30.3 Å². The smallest absolute Gasteiger partial charge is 0.328 e. The van der Waals surface area contributed by atoms with Crippen molar-refractivity contribution >= 4 is 46.8 Å². The molecule has 29 heavy (non-hydrogen) atoms. The Hall–Kier alpha value is -2.50. The standard InChI is InChI=1S/C22H24Cl2N2O3/c1-14(2)25-16-12-10-15(11-13-16)6-4-9-19(22(28)29-3)26-21(27)20-17(23)7-5-8-18(20)24/h4-8,10-14,19,25H,9H2,1-3H3,(H,26,27)/b6-4+. The van der Waals surface area contributed by atoms with E-state index in [9.17, 15) is 9.59 Å². The maximum Gasteiger partial charge on any atom is 0.328 e. The van der Waals surface area contributed by atoms with Crippen LogP contribution in [0.25, 0.3) is 6.08 Å². The fourth-order valence-electron chi connectivity index (χ4n) is 2.67. The number of hydrogen-bond donors (Lipinski definition) is 2. The van der Waals surface area contributed by atoms with Crippen LogP contribution in [-0.4, -0.2) is 31.1 Å². The lowest BCUT2D eigenvalue weighted by atomic mass is 10.1. The van der Waals surface area contributed by atoms with Crippen molar-refractivity contribution in [2.45, 2.75) is 32.4 Å². The zero-order valence-corrected chi connectivity index (χ0v) is 18.1. The molecule has 0 aliphatic rings. The first-order valence-corrected chi connectivity index (χ1v) is 9.93. The Kier molecular flexibility index (Phi) is 8.55. The second-order valence-electron chi connectivity index (χ2n) is 6.70. The van der Waals surface area contributed by atoms with E-state index >= 15 is 0 Å². The van der Waals surface area contributed by atoms with Gasteiger partial charge in [-0.2, -0.15) is 0 Å². The maximum atomic E-state index is 12.6. The number of methoxy groups -OCH3 is 1. The fourth-order valence-corrected chi connectivity index (χ4v) is 3.23. The van der Waals surface area contributed by atoms with Crippen LogP contribution in [0.1, 0.15) is 36.2 Å². The Morgan fingerprint density at radius 3 is 2.24 bits per heavy atom. The number of rotatable bonds is 8. The third-order valence-electron chi connectivity index (χ3n) is 4.03. The minimum Gasteiger partial charge on any atom is -0.467 e. The van der Waals surface area contributed by atoms with E-state index in [4.69, 9.17) is 27.9 Å². The molecule has 0 spiro atoms. The Morgan fingerprint density at radius 2 is 1.69 bits per heavy atom. The van der Waals surface area contributed by atoms with Crippen molar-refractivity contribution in [2.24, 2.45) is 0 Å². The molecule has 154 valence electrons. The molecule has 0 aliphatic carbocycles. The van der Waals surface area contributed by atoms with Gasteiger partial charge in [0.05, 0.1) is 22.7 Å². The summed E-state index contributed by atoms with van der Waals surface area (Å²) in [5.74, 6) is -1.09. The van der Waals surface area contributed by atoms with Gasteiger partial charge >= 0.3 is 5.97 Å². The number of nitrogens with one attached hydrogen (secondary N) is 2. The number of halogens is 2. The average Bonchev–Trinajstić information content (AvgIpc) is 2.67. The predicted octanol–water partition coefficient (Wildman–Crippen LogP) is 5.19. The van der Waals surface area contributed by atoms with Crippen LogP contribution in [-0.2, 0) is 9.53 Å². The Morgan fingerprint density at radius 1 is 1.07 bits per heavy atom. The summed E-state index contributed by atoms with van der Waals surface area (Å²) in [7, 11) is 1.27. The second kappa shape index (κ2) is 10.9. The van der Waals surface area contributed by atoms with Gasteiger partial charge in [0, 0.05) is 11.7 Å². The summed E-state index contributed by atoms with van der Waals surface area (Å²) in [6.45, 7) is 4.15. The minimum absolute atomic E-state index is 0.127. The molecule has 0 aliphatic heterocycles. The van der Waals surface area contributed by atoms with Crippen molar-refractivity contribution in [3.8, 4) is 0 Å². The Balaban J connectivity index is 2.06. The van der Waals surface area contributed by atoms with Gasteiger partial charge in [-0.15, -0.1) is 0 Å². The molecule has 2 aromatic rings. The molecule has 0 radical (unpaired) electrons. The molecule has 2 rings (SSSR count). The van der Waals surface area contributed by atoms with Gasteiger partial charge in [0.2, 0.25) is 0 Å². The first kappa shape index (κ1) is 22.8. The van der Waals surface area contributed by atoms with Crippen LogP contribution in [0.3, 0.4) is 0 Å². The maximum absolute atomic E-state index is 12.6. The number of hydrogen-bond acceptors (Lipinski definition) is 4. The van der Waals surface area contributed by atoms with E-state index in [1.165, 1.54) is 7.11 Å². The number of anilines is 1. The summed E-state index contributed by atoms with van der Waals surface area (Å²) >= 11 is 12.1. The molecule has 0 heterocycles. The van der Waals surface area contributed by atoms with Crippen LogP contribution in [0, 0.1) is 0 Å². The average molecular weight is 435 g/mol. The summed E-state index contributed by atoms with van der Waals surface area (Å²) < 4.78 is 4.80. The van der Waals surface area contributed by atoms with Gasteiger partial charge in [0.25, 0.3) is 5.91 Å². The molecule has 5 nitrogen and oxygen atoms in total. The van der Waals surface area contributed by atoms with Crippen LogP contribution in [0.5, 0.6) is 0 Å². The molecule has 2 aromatic carbocycles. The molecular formula is C22H24Cl2N2O3. The molecule has 0 fully saturated rings. The Bertz CT molecular complexity index is 860. The SMILES string of the molecule is COC(=O)C(C/C=C/c1ccc(NC(C)C)cc1)NC(=O)c1c(Cl)cccc1Cl. The summed E-state index contributed by atoms with van der Waals surface area (Å²) in [5, 5.41) is 6.38. The van der Waals surface area contributed by atoms with Crippen LogP contribution in [0.15, 0.2) is 48.5 Å². The van der Waals surface area contributed by atoms with Gasteiger partial charge < -0.3 is 15.4 Å². The molecular weight excluding hydrogens is 411 g/mol. The van der Waals surface area contributed by atoms with E-state index in [0.717, 1.165) is 11.3 Å². The quantitative estimate of drug-likeness (QED) is 0.560. The third kappa shape index (κ3) is 6.80. The van der Waals surface area contributed by atoms with E-state index < -0.39 is 17.9 Å². The van der Waals surface area contributed by atoms with Gasteiger partial charge in [-0.25, -0.2) is 4.79 Å². The first-order valence-electron chi connectivity index (χ1n) is 9.17. The highest BCUT2D eigenvalue weighted by Crippen LogP contribution is 2.24. The highest BCUT2D eigenvalue weighted by molar-refractivity contribution is 6.39. The van der Waals surface area contributed by atoms with E-state index in [0.29, 0.717) is 6.04 Å². The normalized spacial score (nSPS) is 12.1. The van der Waals surface area contributed by atoms with Gasteiger partial charge in [-0.05, 0) is 50.1 Å². The molecule has 7 heteroatoms. The predicted molar refractivity (Wildman–Crippen MR) is 119 cm³/mol. The number of benzene rings is 2. The zero-order chi connectivity index (χ0) is 21.4. The van der Waals surface area contributed by atoms with Gasteiger partial charge in [0.15, 0.2) is 0 Å². The van der Waals surface area contributed by atoms with Crippen LogP contribution >= 0.6 is 23.2 Å². The van der Waals surface area contributed by atoms with Gasteiger partial charge in [-0.1, -0.05) is 53.6 Å². The summed E-state index contributed by atoms with van der Waals surface area (Å²) in [6, 6.07) is 12.2. The highest BCUT2D eigenvalue weighted by Gasteiger charge is 2.23. The number of ether oxygens (including phenoxy) is 1. The van der Waals surface area contributed by atoms with Crippen molar-refractivity contribution in [1.82, 2.24) is 5.32 Å². The van der Waals surface area contributed by atoms with Crippen molar-refractivity contribution < 1.29 is 14.3 Å². The van der Waals surface area contributed by atoms with Crippen LogP contribution in [0.4, 0.5) is 5.69 Å². The fraction of sp³-hybridized carbons (Fsp3) is 0.273. The van der Waals surface area contributed by atoms with Crippen LogP contribution < -0.4 is 10.6 Å². The van der Waals surface area contributed by atoms with E-state index in [-0.39, 0.29) is 22.0 Å². The van der Waals surface area contributed by atoms with Crippen molar-refractivity contribution in [1.29, 1.82) is 0 Å². The first-order chi connectivity index (χ1) is 13.8. The van der Waals surface area contributed by atoms with Crippen LogP contribution in [0.2, 0.25) is 10.0 Å². The number of carbonyl (C=O) groups excluding carboxylic acids is 2. The molecule has 1 unspecified atom stereocenters. The topological polar surface area (TPSA) is 67.4 Å². The monoisotopic (exact) mass is 434 g/mol. The van der Waals surface area contributed by atoms with Crippen molar-refractivity contribution in [3.63, 3.8) is 0 Å². The lowest BCUT2D eigenvalue weighted by Crippen LogP contribution is -2.41. The largest absolute Gasteiger partial charge is 0.467 e. The van der Waals surface area contributed by atoms with E-state index in [2.05, 4.69) is 24.5 Å². The molecule has 0 aromatic heterocycles. The lowest BCUT2D eigenvalue weighted by molar-refractivity contribution is -0.142. The Labute approximate surface area is 181 Å². The molecule has 0 bridgehead atoms. The lowest BCUT2D eigenvalue weighted by Gasteiger charge is -2.16. The molecule has 1 amide bonds. The summed E-state index contributed by atoms with van der Waals surface area (Å²) in [4.78, 5) is 24.7. The van der Waals surface area contributed by atoms with Gasteiger partial charge in [-0.3, -0.25) is 4.79 Å². The van der Waals surface area contributed by atoms with E-state index in [1.54, 1.807) is 24.3 Å². The molecule has 0 saturated heterocycles.